The van der Waals surface area contributed by atoms with Crippen LogP contribution in [0.5, 0.6) is 0 Å². The van der Waals surface area contributed by atoms with Gasteiger partial charge in [0.05, 0.1) is 16.0 Å². The predicted molar refractivity (Wildman–Crippen MR) is 64.4 cm³/mol. The van der Waals surface area contributed by atoms with Crippen LogP contribution in [0.2, 0.25) is 0 Å². The third-order valence-electron chi connectivity index (χ3n) is 2.05. The van der Waals surface area contributed by atoms with E-state index in [4.69, 9.17) is 17.5 Å². The van der Waals surface area contributed by atoms with Crippen molar-refractivity contribution < 1.29 is 0 Å². The second kappa shape index (κ2) is 4.63. The number of thioether (sulfide) groups is 1. The summed E-state index contributed by atoms with van der Waals surface area (Å²) in [5.74, 6) is 0. The largest absolute Gasteiger partial charge is 0.360 e. The summed E-state index contributed by atoms with van der Waals surface area (Å²) in [5.41, 5.74) is 0.917. The van der Waals surface area contributed by atoms with Crippen molar-refractivity contribution in [3.63, 3.8) is 0 Å². The molecular weight excluding hydrogens is 212 g/mol. The van der Waals surface area contributed by atoms with E-state index in [1.807, 2.05) is 32.2 Å². The zero-order valence-corrected chi connectivity index (χ0v) is 9.84. The van der Waals surface area contributed by atoms with E-state index in [0.29, 0.717) is 0 Å². The molecule has 0 aliphatic carbocycles. The zero-order chi connectivity index (χ0) is 10.6. The van der Waals surface area contributed by atoms with Crippen LogP contribution in [0, 0.1) is 11.3 Å². The second-order valence-corrected chi connectivity index (χ2v) is 5.35. The summed E-state index contributed by atoms with van der Waals surface area (Å²) in [7, 11) is 0. The molecule has 1 unspecified atom stereocenters. The number of nitriles is 1. The molecule has 1 rings (SSSR count). The number of thiocarbonyl (C=S) groups is 1. The fraction of sp³-hybridized carbons (Fsp3) is 0.400. The minimum Gasteiger partial charge on any atom is -0.360 e. The van der Waals surface area contributed by atoms with Crippen molar-refractivity contribution in [2.75, 3.05) is 0 Å². The average molecular weight is 224 g/mol. The van der Waals surface area contributed by atoms with Crippen LogP contribution in [-0.2, 0) is 0 Å². The van der Waals surface area contributed by atoms with E-state index in [9.17, 15) is 0 Å². The van der Waals surface area contributed by atoms with Crippen molar-refractivity contribution >= 4 is 28.2 Å². The highest BCUT2D eigenvalue weighted by atomic mass is 32.2. The monoisotopic (exact) mass is 224 g/mol. The first kappa shape index (κ1) is 11.3. The van der Waals surface area contributed by atoms with Crippen LogP contribution < -0.4 is 0 Å². The Morgan fingerprint density at radius 1 is 1.79 bits per heavy atom. The van der Waals surface area contributed by atoms with Gasteiger partial charge < -0.3 is 4.98 Å². The third kappa shape index (κ3) is 2.60. The zero-order valence-electron chi connectivity index (χ0n) is 8.20. The van der Waals surface area contributed by atoms with Crippen LogP contribution in [0.3, 0.4) is 0 Å². The van der Waals surface area contributed by atoms with E-state index in [1.165, 1.54) is 11.8 Å². The average Bonchev–Trinajstić information content (AvgIpc) is 2.70. The molecule has 1 aromatic rings. The van der Waals surface area contributed by atoms with E-state index in [0.717, 1.165) is 16.3 Å². The lowest BCUT2D eigenvalue weighted by Crippen LogP contribution is -2.18. The lowest BCUT2D eigenvalue weighted by Gasteiger charge is -2.18. The Labute approximate surface area is 93.7 Å². The minimum absolute atomic E-state index is 0.414. The van der Waals surface area contributed by atoms with Gasteiger partial charge in [0.25, 0.3) is 0 Å². The lowest BCUT2D eigenvalue weighted by atomic mass is 10.1. The topological polar surface area (TPSA) is 39.6 Å². The molecule has 0 saturated carbocycles. The van der Waals surface area contributed by atoms with E-state index < -0.39 is 4.75 Å². The highest BCUT2D eigenvalue weighted by molar-refractivity contribution is 8.24. The Morgan fingerprint density at radius 3 is 2.93 bits per heavy atom. The molecule has 0 amide bonds. The molecule has 0 bridgehead atoms. The number of H-pyrrole nitrogens is 1. The molecular formula is C10H12N2S2. The highest BCUT2D eigenvalue weighted by Crippen LogP contribution is 2.30. The van der Waals surface area contributed by atoms with Gasteiger partial charge in [-0.15, -0.1) is 0 Å². The molecule has 4 heteroatoms. The summed E-state index contributed by atoms with van der Waals surface area (Å²) in [5, 5.41) is 8.99. The van der Waals surface area contributed by atoms with Crippen molar-refractivity contribution in [2.45, 2.75) is 25.0 Å². The van der Waals surface area contributed by atoms with Crippen LogP contribution in [0.1, 0.15) is 26.0 Å². The number of rotatable bonds is 3. The van der Waals surface area contributed by atoms with Crippen LogP contribution in [-0.4, -0.2) is 13.9 Å². The second-order valence-electron chi connectivity index (χ2n) is 3.17. The molecule has 74 valence electrons. The molecule has 1 heterocycles. The van der Waals surface area contributed by atoms with E-state index in [2.05, 4.69) is 11.1 Å². The van der Waals surface area contributed by atoms with Gasteiger partial charge in [-0.05, 0) is 25.5 Å². The van der Waals surface area contributed by atoms with Crippen LogP contribution in [0.4, 0.5) is 0 Å². The fourth-order valence-corrected chi connectivity index (χ4v) is 2.41. The molecule has 0 aromatic carbocycles. The first-order valence-corrected chi connectivity index (χ1v) is 5.62. The molecule has 1 atom stereocenters. The van der Waals surface area contributed by atoms with Gasteiger partial charge in [0.15, 0.2) is 0 Å². The summed E-state index contributed by atoms with van der Waals surface area (Å²) in [4.78, 5) is 3.04. The molecule has 0 spiro atoms. The maximum absolute atomic E-state index is 8.99. The van der Waals surface area contributed by atoms with Gasteiger partial charge in [0.2, 0.25) is 0 Å². The lowest BCUT2D eigenvalue weighted by molar-refractivity contribution is 0.773. The molecule has 0 fully saturated rings. The van der Waals surface area contributed by atoms with Gasteiger partial charge in [-0.3, -0.25) is 0 Å². The van der Waals surface area contributed by atoms with Crippen molar-refractivity contribution in [1.82, 2.24) is 4.98 Å². The van der Waals surface area contributed by atoms with Crippen LogP contribution in [0.25, 0.3) is 0 Å². The van der Waals surface area contributed by atoms with Gasteiger partial charge in [-0.25, -0.2) is 0 Å². The SMILES string of the molecule is CCC(C)(C#N)SC(=S)c1ccc[nH]1. The Bertz CT molecular complexity index is 351. The first-order chi connectivity index (χ1) is 6.61. The normalized spacial score (nSPS) is 14.4. The Hall–Kier alpha value is -0.790. The molecule has 2 nitrogen and oxygen atoms in total. The van der Waals surface area contributed by atoms with Gasteiger partial charge in [0, 0.05) is 6.20 Å². The van der Waals surface area contributed by atoms with E-state index in [1.54, 1.807) is 0 Å². The van der Waals surface area contributed by atoms with Gasteiger partial charge >= 0.3 is 0 Å². The molecule has 0 radical (unpaired) electrons. The number of nitrogens with one attached hydrogen (secondary N) is 1. The smallest absolute Gasteiger partial charge is 0.105 e. The van der Waals surface area contributed by atoms with Crippen molar-refractivity contribution in [2.24, 2.45) is 0 Å². The number of nitrogens with zero attached hydrogens (tertiary/aromatic N) is 1. The Balaban J connectivity index is 2.71. The Morgan fingerprint density at radius 2 is 2.50 bits per heavy atom. The summed E-state index contributed by atoms with van der Waals surface area (Å²) in [6, 6.07) is 6.10. The van der Waals surface area contributed by atoms with Gasteiger partial charge in [-0.2, -0.15) is 5.26 Å². The molecule has 0 aliphatic heterocycles. The summed E-state index contributed by atoms with van der Waals surface area (Å²) in [6.07, 6.45) is 2.62. The maximum Gasteiger partial charge on any atom is 0.105 e. The van der Waals surface area contributed by atoms with Crippen molar-refractivity contribution in [1.29, 1.82) is 5.26 Å². The predicted octanol–water partition coefficient (Wildman–Crippen LogP) is 3.12. The molecule has 0 aliphatic rings. The van der Waals surface area contributed by atoms with E-state index in [-0.39, 0.29) is 0 Å². The minimum atomic E-state index is -0.414. The van der Waals surface area contributed by atoms with Crippen molar-refractivity contribution in [3.8, 4) is 6.07 Å². The van der Waals surface area contributed by atoms with Gasteiger partial charge in [0.1, 0.15) is 4.75 Å². The third-order valence-corrected chi connectivity index (χ3v) is 3.75. The van der Waals surface area contributed by atoms with Gasteiger partial charge in [-0.1, -0.05) is 30.9 Å². The fourth-order valence-electron chi connectivity index (χ4n) is 0.891. The number of aromatic nitrogens is 1. The number of hydrogen-bond donors (Lipinski definition) is 1. The molecule has 1 N–H and O–H groups in total. The Kier molecular flexibility index (Phi) is 3.73. The molecule has 1 aromatic heterocycles. The molecule has 14 heavy (non-hydrogen) atoms. The maximum atomic E-state index is 8.99. The summed E-state index contributed by atoms with van der Waals surface area (Å²) >= 11 is 6.68. The number of aromatic amines is 1. The van der Waals surface area contributed by atoms with Crippen LogP contribution >= 0.6 is 24.0 Å². The van der Waals surface area contributed by atoms with E-state index >= 15 is 0 Å². The van der Waals surface area contributed by atoms with Crippen LogP contribution in [0.15, 0.2) is 18.3 Å². The highest BCUT2D eigenvalue weighted by Gasteiger charge is 2.24. The molecule has 0 saturated heterocycles. The standard InChI is InChI=1S/C10H12N2S2/c1-3-10(2,7-11)14-9(13)8-5-4-6-12-8/h4-6,12H,3H2,1-2H3. The quantitative estimate of drug-likeness (QED) is 0.802. The summed E-state index contributed by atoms with van der Waals surface area (Å²) < 4.78 is 0.336. The first-order valence-electron chi connectivity index (χ1n) is 4.39. The number of hydrogen-bond acceptors (Lipinski definition) is 3. The van der Waals surface area contributed by atoms with Crippen molar-refractivity contribution in [3.05, 3.63) is 24.0 Å². The summed E-state index contributed by atoms with van der Waals surface area (Å²) in [6.45, 7) is 3.90.